The predicted molar refractivity (Wildman–Crippen MR) is 62.0 cm³/mol. The Morgan fingerprint density at radius 2 is 2.12 bits per heavy atom. The summed E-state index contributed by atoms with van der Waals surface area (Å²) in [4.78, 5) is 12.8. The van der Waals surface area contributed by atoms with Crippen LogP contribution in [0.15, 0.2) is 18.2 Å². The Balaban J connectivity index is 2.74. The Hall–Kier alpha value is -2.04. The third-order valence-corrected chi connectivity index (χ3v) is 2.50. The number of benzene rings is 1. The highest BCUT2D eigenvalue weighted by molar-refractivity contribution is 5.97. The maximum Gasteiger partial charge on any atom is 0.335 e. The fraction of sp³-hybridized carbons (Fsp3) is 0.273. The third kappa shape index (κ3) is 1.50. The second-order valence-corrected chi connectivity index (χ2v) is 3.88. The maximum atomic E-state index is 10.9. The van der Waals surface area contributed by atoms with Gasteiger partial charge in [0.05, 0.1) is 11.1 Å². The van der Waals surface area contributed by atoms with Gasteiger partial charge in [-0.2, -0.15) is 5.10 Å². The van der Waals surface area contributed by atoms with E-state index in [0.29, 0.717) is 0 Å². The lowest BCUT2D eigenvalue weighted by atomic mass is 10.1. The number of carboxylic acids is 1. The molecule has 0 saturated heterocycles. The zero-order valence-electron chi connectivity index (χ0n) is 9.43. The second-order valence-electron chi connectivity index (χ2n) is 3.88. The first-order valence-corrected chi connectivity index (χ1v) is 4.88. The Kier molecular flexibility index (Phi) is 2.30. The number of hydrogen-bond acceptors (Lipinski definition) is 3. The van der Waals surface area contributed by atoms with E-state index in [1.165, 1.54) is 0 Å². The van der Waals surface area contributed by atoms with Gasteiger partial charge in [0.15, 0.2) is 5.82 Å². The summed E-state index contributed by atoms with van der Waals surface area (Å²) in [6.45, 7) is 0. The average Bonchev–Trinajstić information content (AvgIpc) is 2.56. The van der Waals surface area contributed by atoms with Crippen LogP contribution in [-0.2, 0) is 7.05 Å². The Morgan fingerprint density at radius 1 is 1.44 bits per heavy atom. The topological polar surface area (TPSA) is 58.4 Å². The molecule has 2 aromatic rings. The molecule has 2 rings (SSSR count). The lowest BCUT2D eigenvalue weighted by Crippen LogP contribution is -2.10. The van der Waals surface area contributed by atoms with Crippen LogP contribution in [0.25, 0.3) is 10.9 Å². The molecule has 0 fully saturated rings. The highest BCUT2D eigenvalue weighted by Crippen LogP contribution is 2.25. The van der Waals surface area contributed by atoms with Crippen molar-refractivity contribution >= 4 is 22.7 Å². The lowest BCUT2D eigenvalue weighted by Gasteiger charge is -2.08. The van der Waals surface area contributed by atoms with E-state index in [2.05, 4.69) is 5.10 Å². The molecule has 0 aliphatic rings. The molecule has 5 heteroatoms. The number of aromatic carboxylic acids is 1. The first-order valence-electron chi connectivity index (χ1n) is 4.88. The van der Waals surface area contributed by atoms with E-state index in [0.717, 1.165) is 16.7 Å². The van der Waals surface area contributed by atoms with Crippen molar-refractivity contribution in [2.75, 3.05) is 19.0 Å². The van der Waals surface area contributed by atoms with Crippen LogP contribution in [0.5, 0.6) is 0 Å². The van der Waals surface area contributed by atoms with Crippen LogP contribution >= 0.6 is 0 Å². The molecule has 84 valence electrons. The molecule has 0 aliphatic heterocycles. The fourth-order valence-corrected chi connectivity index (χ4v) is 1.71. The number of anilines is 1. The van der Waals surface area contributed by atoms with Gasteiger partial charge in [0, 0.05) is 26.5 Å². The van der Waals surface area contributed by atoms with Gasteiger partial charge < -0.3 is 10.0 Å². The first kappa shape index (κ1) is 10.5. The highest BCUT2D eigenvalue weighted by atomic mass is 16.4. The Morgan fingerprint density at radius 3 is 2.69 bits per heavy atom. The van der Waals surface area contributed by atoms with Crippen LogP contribution < -0.4 is 4.90 Å². The summed E-state index contributed by atoms with van der Waals surface area (Å²) >= 11 is 0. The molecule has 1 aromatic heterocycles. The number of aryl methyl sites for hydroxylation is 1. The van der Waals surface area contributed by atoms with E-state index in [-0.39, 0.29) is 5.56 Å². The van der Waals surface area contributed by atoms with Crippen LogP contribution in [0.4, 0.5) is 5.82 Å². The molecule has 1 N–H and O–H groups in total. The standard InChI is InChI=1S/C11H13N3O2/c1-13(2)10-8-6-7(11(15)16)4-5-9(8)14(3)12-10/h4-6H,1-3H3,(H,15,16). The van der Waals surface area contributed by atoms with Gasteiger partial charge in [0.2, 0.25) is 0 Å². The number of rotatable bonds is 2. The monoisotopic (exact) mass is 219 g/mol. The van der Waals surface area contributed by atoms with Gasteiger partial charge in [-0.3, -0.25) is 4.68 Å². The summed E-state index contributed by atoms with van der Waals surface area (Å²) in [5.41, 5.74) is 1.21. The summed E-state index contributed by atoms with van der Waals surface area (Å²) in [6.07, 6.45) is 0. The number of carboxylic acid groups (broad SMARTS) is 1. The summed E-state index contributed by atoms with van der Waals surface area (Å²) in [5.74, 6) is -0.143. The first-order chi connectivity index (χ1) is 7.50. The molecule has 0 bridgehead atoms. The minimum Gasteiger partial charge on any atom is -0.478 e. The van der Waals surface area contributed by atoms with Crippen molar-refractivity contribution in [1.82, 2.24) is 9.78 Å². The van der Waals surface area contributed by atoms with Crippen molar-refractivity contribution in [3.05, 3.63) is 23.8 Å². The highest BCUT2D eigenvalue weighted by Gasteiger charge is 2.12. The lowest BCUT2D eigenvalue weighted by molar-refractivity contribution is 0.0697. The smallest absolute Gasteiger partial charge is 0.335 e. The number of hydrogen-bond donors (Lipinski definition) is 1. The SMILES string of the molecule is CN(C)c1nn(C)c2ccc(C(=O)O)cc12. The van der Waals surface area contributed by atoms with Gasteiger partial charge in [-0.25, -0.2) is 4.79 Å². The van der Waals surface area contributed by atoms with E-state index in [4.69, 9.17) is 5.11 Å². The van der Waals surface area contributed by atoms with Crippen molar-refractivity contribution in [2.24, 2.45) is 7.05 Å². The maximum absolute atomic E-state index is 10.9. The van der Waals surface area contributed by atoms with Crippen LogP contribution in [0.2, 0.25) is 0 Å². The zero-order chi connectivity index (χ0) is 11.9. The molecule has 0 saturated carbocycles. The van der Waals surface area contributed by atoms with Crippen molar-refractivity contribution in [2.45, 2.75) is 0 Å². The van der Waals surface area contributed by atoms with Gasteiger partial charge in [0.25, 0.3) is 0 Å². The number of fused-ring (bicyclic) bond motifs is 1. The van der Waals surface area contributed by atoms with Crippen molar-refractivity contribution < 1.29 is 9.90 Å². The quantitative estimate of drug-likeness (QED) is 0.828. The molecule has 0 amide bonds. The number of nitrogens with zero attached hydrogens (tertiary/aromatic N) is 3. The number of aromatic nitrogens is 2. The molecule has 0 radical (unpaired) electrons. The van der Waals surface area contributed by atoms with E-state index in [1.54, 1.807) is 22.9 Å². The van der Waals surface area contributed by atoms with E-state index < -0.39 is 5.97 Å². The normalized spacial score (nSPS) is 10.7. The van der Waals surface area contributed by atoms with Gasteiger partial charge in [-0.15, -0.1) is 0 Å². The van der Waals surface area contributed by atoms with Gasteiger partial charge in [0.1, 0.15) is 0 Å². The molecular formula is C11H13N3O2. The van der Waals surface area contributed by atoms with Crippen molar-refractivity contribution in [3.8, 4) is 0 Å². The van der Waals surface area contributed by atoms with Crippen LogP contribution in [0.1, 0.15) is 10.4 Å². The second kappa shape index (κ2) is 3.52. The molecule has 1 heterocycles. The molecular weight excluding hydrogens is 206 g/mol. The van der Waals surface area contributed by atoms with E-state index in [9.17, 15) is 4.79 Å². The van der Waals surface area contributed by atoms with Crippen molar-refractivity contribution in [3.63, 3.8) is 0 Å². The van der Waals surface area contributed by atoms with Gasteiger partial charge in [-0.1, -0.05) is 0 Å². The van der Waals surface area contributed by atoms with Gasteiger partial charge in [-0.05, 0) is 18.2 Å². The summed E-state index contributed by atoms with van der Waals surface area (Å²) < 4.78 is 1.75. The number of carbonyl (C=O) groups is 1. The molecule has 5 nitrogen and oxygen atoms in total. The minimum atomic E-state index is -0.921. The Bertz CT molecular complexity index is 558. The minimum absolute atomic E-state index is 0.281. The average molecular weight is 219 g/mol. The molecule has 0 unspecified atom stereocenters. The fourth-order valence-electron chi connectivity index (χ4n) is 1.71. The predicted octanol–water partition coefficient (Wildman–Crippen LogP) is 1.34. The molecule has 16 heavy (non-hydrogen) atoms. The largest absolute Gasteiger partial charge is 0.478 e. The Labute approximate surface area is 92.9 Å². The van der Waals surface area contributed by atoms with E-state index in [1.807, 2.05) is 26.0 Å². The summed E-state index contributed by atoms with van der Waals surface area (Å²) in [7, 11) is 5.61. The molecule has 0 spiro atoms. The molecule has 0 aliphatic carbocycles. The summed E-state index contributed by atoms with van der Waals surface area (Å²) in [5, 5.41) is 14.1. The zero-order valence-corrected chi connectivity index (χ0v) is 9.43. The van der Waals surface area contributed by atoms with Crippen molar-refractivity contribution in [1.29, 1.82) is 0 Å². The van der Waals surface area contributed by atoms with E-state index >= 15 is 0 Å². The van der Waals surface area contributed by atoms with Crippen LogP contribution in [0, 0.1) is 0 Å². The van der Waals surface area contributed by atoms with Crippen LogP contribution in [0.3, 0.4) is 0 Å². The third-order valence-electron chi connectivity index (χ3n) is 2.50. The molecule has 0 atom stereocenters. The molecule has 1 aromatic carbocycles. The van der Waals surface area contributed by atoms with Gasteiger partial charge >= 0.3 is 5.97 Å². The van der Waals surface area contributed by atoms with Crippen LogP contribution in [-0.4, -0.2) is 35.0 Å². The summed E-state index contributed by atoms with van der Waals surface area (Å²) in [6, 6.07) is 5.02.